The van der Waals surface area contributed by atoms with E-state index in [4.69, 9.17) is 0 Å². The molecule has 0 saturated carbocycles. The molecule has 0 bridgehead atoms. The second-order valence-corrected chi connectivity index (χ2v) is 6.34. The molecule has 2 amide bonds. The Balaban J connectivity index is 1.96. The Hall–Kier alpha value is -2.96. The molecule has 144 valence electrons. The van der Waals surface area contributed by atoms with Gasteiger partial charge in [-0.05, 0) is 35.7 Å². The van der Waals surface area contributed by atoms with Crippen molar-refractivity contribution in [2.75, 3.05) is 5.32 Å². The number of hydrogen-bond donors (Lipinski definition) is 2. The maximum absolute atomic E-state index is 12.5. The standard InChI is InChI=1S/C20H22F2N2O3/c1-13(2)18(24-17(25)12-14-6-4-3-5-7-14)19(26)23-15-8-10-16(11-9-15)27-20(21)22/h3-11,13,18,20H,12H2,1-2H3,(H,23,26)(H,24,25)/t18-/m0/s1. The summed E-state index contributed by atoms with van der Waals surface area (Å²) in [6.45, 7) is 0.745. The number of nitrogens with one attached hydrogen (secondary N) is 2. The quantitative estimate of drug-likeness (QED) is 0.740. The van der Waals surface area contributed by atoms with E-state index < -0.39 is 12.7 Å². The molecule has 2 rings (SSSR count). The molecule has 0 spiro atoms. The van der Waals surface area contributed by atoms with Gasteiger partial charge >= 0.3 is 6.61 Å². The Kier molecular flexibility index (Phi) is 7.28. The van der Waals surface area contributed by atoms with E-state index in [-0.39, 0.29) is 29.9 Å². The SMILES string of the molecule is CC(C)[C@H](NC(=O)Cc1ccccc1)C(=O)Nc1ccc(OC(F)F)cc1. The minimum absolute atomic E-state index is 0.000396. The highest BCUT2D eigenvalue weighted by Gasteiger charge is 2.24. The zero-order chi connectivity index (χ0) is 19.8. The van der Waals surface area contributed by atoms with Gasteiger partial charge in [0.25, 0.3) is 0 Å². The van der Waals surface area contributed by atoms with Gasteiger partial charge in [-0.1, -0.05) is 44.2 Å². The van der Waals surface area contributed by atoms with Crippen molar-refractivity contribution in [3.63, 3.8) is 0 Å². The van der Waals surface area contributed by atoms with Gasteiger partial charge in [-0.3, -0.25) is 9.59 Å². The fraction of sp³-hybridized carbons (Fsp3) is 0.300. The maximum Gasteiger partial charge on any atom is 0.387 e. The first-order chi connectivity index (χ1) is 12.8. The molecule has 7 heteroatoms. The lowest BCUT2D eigenvalue weighted by Gasteiger charge is -2.22. The average Bonchev–Trinajstić information content (AvgIpc) is 2.61. The van der Waals surface area contributed by atoms with Crippen molar-refractivity contribution in [3.05, 3.63) is 60.2 Å². The predicted molar refractivity (Wildman–Crippen MR) is 98.6 cm³/mol. The van der Waals surface area contributed by atoms with Crippen molar-refractivity contribution < 1.29 is 23.1 Å². The van der Waals surface area contributed by atoms with Crippen LogP contribution < -0.4 is 15.4 Å². The fourth-order valence-corrected chi connectivity index (χ4v) is 2.48. The first-order valence-electron chi connectivity index (χ1n) is 8.54. The molecule has 0 aliphatic carbocycles. The normalized spacial score (nSPS) is 11.9. The van der Waals surface area contributed by atoms with E-state index in [0.29, 0.717) is 5.69 Å². The summed E-state index contributed by atoms with van der Waals surface area (Å²) >= 11 is 0. The first-order valence-corrected chi connectivity index (χ1v) is 8.54. The van der Waals surface area contributed by atoms with Crippen LogP contribution in [0.2, 0.25) is 0 Å². The Morgan fingerprint density at radius 2 is 1.63 bits per heavy atom. The Morgan fingerprint density at radius 1 is 1.00 bits per heavy atom. The Labute approximate surface area is 156 Å². The number of hydrogen-bond acceptors (Lipinski definition) is 3. The number of ether oxygens (including phenoxy) is 1. The van der Waals surface area contributed by atoms with Crippen molar-refractivity contribution >= 4 is 17.5 Å². The van der Waals surface area contributed by atoms with Gasteiger partial charge in [-0.15, -0.1) is 0 Å². The minimum Gasteiger partial charge on any atom is -0.435 e. The minimum atomic E-state index is -2.91. The number of anilines is 1. The number of carbonyl (C=O) groups excluding carboxylic acids is 2. The van der Waals surface area contributed by atoms with E-state index in [9.17, 15) is 18.4 Å². The van der Waals surface area contributed by atoms with Gasteiger partial charge in [0.2, 0.25) is 11.8 Å². The van der Waals surface area contributed by atoms with Crippen LogP contribution in [-0.2, 0) is 16.0 Å². The topological polar surface area (TPSA) is 67.4 Å². The summed E-state index contributed by atoms with van der Waals surface area (Å²) < 4.78 is 28.6. The van der Waals surface area contributed by atoms with Gasteiger partial charge in [0.15, 0.2) is 0 Å². The van der Waals surface area contributed by atoms with Crippen molar-refractivity contribution in [2.24, 2.45) is 5.92 Å². The van der Waals surface area contributed by atoms with Gasteiger partial charge < -0.3 is 15.4 Å². The Morgan fingerprint density at radius 3 is 2.19 bits per heavy atom. The summed E-state index contributed by atoms with van der Waals surface area (Å²) in [5.74, 6) is -0.768. The van der Waals surface area contributed by atoms with Crippen LogP contribution >= 0.6 is 0 Å². The summed E-state index contributed by atoms with van der Waals surface area (Å²) in [6, 6.07) is 14.1. The fourth-order valence-electron chi connectivity index (χ4n) is 2.48. The van der Waals surface area contributed by atoms with Crippen LogP contribution in [-0.4, -0.2) is 24.5 Å². The number of halogens is 2. The maximum atomic E-state index is 12.5. The van der Waals surface area contributed by atoms with Crippen molar-refractivity contribution in [1.82, 2.24) is 5.32 Å². The lowest BCUT2D eigenvalue weighted by atomic mass is 10.0. The van der Waals surface area contributed by atoms with Gasteiger partial charge in [-0.2, -0.15) is 8.78 Å². The number of benzene rings is 2. The highest BCUT2D eigenvalue weighted by molar-refractivity contribution is 5.97. The predicted octanol–water partition coefficient (Wildman–Crippen LogP) is 3.61. The summed E-state index contributed by atoms with van der Waals surface area (Å²) in [5.41, 5.74) is 1.28. The van der Waals surface area contributed by atoms with Gasteiger partial charge in [-0.25, -0.2) is 0 Å². The molecule has 0 saturated heterocycles. The molecule has 0 aromatic heterocycles. The second-order valence-electron chi connectivity index (χ2n) is 6.34. The van der Waals surface area contributed by atoms with Gasteiger partial charge in [0.1, 0.15) is 11.8 Å². The third-order valence-corrected chi connectivity index (χ3v) is 3.82. The molecule has 2 N–H and O–H groups in total. The smallest absolute Gasteiger partial charge is 0.387 e. The zero-order valence-corrected chi connectivity index (χ0v) is 15.1. The third kappa shape index (κ3) is 6.69. The molecule has 5 nitrogen and oxygen atoms in total. The summed E-state index contributed by atoms with van der Waals surface area (Å²) in [4.78, 5) is 24.8. The molecule has 2 aromatic rings. The molecule has 27 heavy (non-hydrogen) atoms. The molecular formula is C20H22F2N2O3. The van der Waals surface area contributed by atoms with Crippen molar-refractivity contribution in [2.45, 2.75) is 32.9 Å². The summed E-state index contributed by atoms with van der Waals surface area (Å²) in [5, 5.41) is 5.42. The Bertz CT molecular complexity index is 750. The molecule has 0 fully saturated rings. The van der Waals surface area contributed by atoms with Crippen LogP contribution in [0.1, 0.15) is 19.4 Å². The third-order valence-electron chi connectivity index (χ3n) is 3.82. The van der Waals surface area contributed by atoms with Gasteiger partial charge in [0.05, 0.1) is 6.42 Å². The van der Waals surface area contributed by atoms with E-state index in [0.717, 1.165) is 5.56 Å². The highest BCUT2D eigenvalue weighted by atomic mass is 19.3. The van der Waals surface area contributed by atoms with E-state index >= 15 is 0 Å². The van der Waals surface area contributed by atoms with Crippen LogP contribution in [0, 0.1) is 5.92 Å². The first kappa shape index (κ1) is 20.4. The van der Waals surface area contributed by atoms with Crippen molar-refractivity contribution in [1.29, 1.82) is 0 Å². The molecular weight excluding hydrogens is 354 g/mol. The van der Waals surface area contributed by atoms with Gasteiger partial charge in [0, 0.05) is 5.69 Å². The molecule has 0 aliphatic heterocycles. The summed E-state index contributed by atoms with van der Waals surface area (Å²) in [6.07, 6.45) is 0.178. The largest absolute Gasteiger partial charge is 0.435 e. The van der Waals surface area contributed by atoms with Crippen LogP contribution in [0.4, 0.5) is 14.5 Å². The number of rotatable bonds is 8. The summed E-state index contributed by atoms with van der Waals surface area (Å²) in [7, 11) is 0. The molecule has 0 heterocycles. The zero-order valence-electron chi connectivity index (χ0n) is 15.1. The van der Waals surface area contributed by atoms with Crippen molar-refractivity contribution in [3.8, 4) is 5.75 Å². The second kappa shape index (κ2) is 9.66. The molecule has 0 unspecified atom stereocenters. The van der Waals surface area contributed by atoms with E-state index in [1.807, 2.05) is 44.2 Å². The van der Waals surface area contributed by atoms with E-state index in [2.05, 4.69) is 15.4 Å². The lowest BCUT2D eigenvalue weighted by Crippen LogP contribution is -2.47. The van der Waals surface area contributed by atoms with Crippen LogP contribution in [0.15, 0.2) is 54.6 Å². The highest BCUT2D eigenvalue weighted by Crippen LogP contribution is 2.18. The van der Waals surface area contributed by atoms with E-state index in [1.165, 1.54) is 24.3 Å². The van der Waals surface area contributed by atoms with E-state index in [1.54, 1.807) is 0 Å². The number of amides is 2. The molecule has 0 aliphatic rings. The number of alkyl halides is 2. The molecule has 1 atom stereocenters. The molecule has 0 radical (unpaired) electrons. The number of carbonyl (C=O) groups is 2. The van der Waals surface area contributed by atoms with Crippen LogP contribution in [0.5, 0.6) is 5.75 Å². The monoisotopic (exact) mass is 376 g/mol. The average molecular weight is 376 g/mol. The van der Waals surface area contributed by atoms with Crippen LogP contribution in [0.3, 0.4) is 0 Å². The van der Waals surface area contributed by atoms with Crippen LogP contribution in [0.25, 0.3) is 0 Å². The lowest BCUT2D eigenvalue weighted by molar-refractivity contribution is -0.127. The molecule has 2 aromatic carbocycles.